The highest BCUT2D eigenvalue weighted by molar-refractivity contribution is 6.04. The summed E-state index contributed by atoms with van der Waals surface area (Å²) in [5.41, 5.74) is 3.07. The number of hydrogen-bond donors (Lipinski definition) is 1. The maximum Gasteiger partial charge on any atom is 0.217 e. The van der Waals surface area contributed by atoms with Crippen LogP contribution >= 0.6 is 0 Å². The maximum atomic E-state index is 10.6. The number of aromatic hydroxyl groups is 1. The lowest BCUT2D eigenvalue weighted by atomic mass is 9.95. The van der Waals surface area contributed by atoms with Crippen molar-refractivity contribution in [2.24, 2.45) is 5.10 Å². The lowest BCUT2D eigenvalue weighted by molar-refractivity contribution is -0.0223. The molecule has 8 nitrogen and oxygen atoms in total. The molecule has 34 heavy (non-hydrogen) atoms. The predicted molar refractivity (Wildman–Crippen MR) is 126 cm³/mol. The van der Waals surface area contributed by atoms with E-state index in [1.807, 2.05) is 41.4 Å². The fraction of sp³-hybridized carbons (Fsp3) is 0.269. The van der Waals surface area contributed by atoms with Crippen LogP contribution in [0.3, 0.4) is 0 Å². The number of phenols is 1. The van der Waals surface area contributed by atoms with Gasteiger partial charge in [-0.05, 0) is 42.5 Å². The Labute approximate surface area is 197 Å². The normalized spacial score (nSPS) is 18.4. The third-order valence-electron chi connectivity index (χ3n) is 6.22. The summed E-state index contributed by atoms with van der Waals surface area (Å²) in [5, 5.41) is 17.4. The molecule has 0 spiro atoms. The molecule has 0 amide bonds. The van der Waals surface area contributed by atoms with Gasteiger partial charge in [0.1, 0.15) is 23.0 Å². The second-order valence-corrected chi connectivity index (χ2v) is 7.99. The average Bonchev–Trinajstić information content (AvgIpc) is 3.33. The third-order valence-corrected chi connectivity index (χ3v) is 6.22. The molecule has 2 aliphatic heterocycles. The Morgan fingerprint density at radius 1 is 0.853 bits per heavy atom. The van der Waals surface area contributed by atoms with Crippen LogP contribution in [0, 0.1) is 0 Å². The number of hydrogen-bond acceptors (Lipinski definition) is 8. The fourth-order valence-electron chi connectivity index (χ4n) is 4.52. The number of ether oxygens (including phenoxy) is 5. The predicted octanol–water partition coefficient (Wildman–Crippen LogP) is 4.67. The molecule has 3 aromatic rings. The highest BCUT2D eigenvalue weighted by Crippen LogP contribution is 2.52. The average molecular weight is 463 g/mol. The molecular weight excluding hydrogens is 436 g/mol. The van der Waals surface area contributed by atoms with Crippen molar-refractivity contribution in [3.63, 3.8) is 0 Å². The van der Waals surface area contributed by atoms with Crippen LogP contribution in [0.2, 0.25) is 0 Å². The van der Waals surface area contributed by atoms with E-state index in [4.69, 9.17) is 28.8 Å². The number of para-hydroxylation sites is 1. The maximum absolute atomic E-state index is 10.6. The van der Waals surface area contributed by atoms with E-state index in [-0.39, 0.29) is 11.8 Å². The zero-order chi connectivity index (χ0) is 23.8. The largest absolute Gasteiger partial charge is 0.507 e. The molecule has 1 N–H and O–H groups in total. The summed E-state index contributed by atoms with van der Waals surface area (Å²) in [6, 6.07) is 16.4. The van der Waals surface area contributed by atoms with Crippen molar-refractivity contribution >= 4 is 5.71 Å². The molecule has 0 unspecified atom stereocenters. The van der Waals surface area contributed by atoms with E-state index in [1.165, 1.54) is 0 Å². The van der Waals surface area contributed by atoms with Crippen molar-refractivity contribution in [3.05, 3.63) is 71.3 Å². The number of phenolic OH excluding ortho intramolecular Hbond substituents is 1. The lowest BCUT2D eigenvalue weighted by Gasteiger charge is -2.39. The Kier molecular flexibility index (Phi) is 5.57. The summed E-state index contributed by atoms with van der Waals surface area (Å²) < 4.78 is 28.6. The van der Waals surface area contributed by atoms with Crippen LogP contribution in [0.4, 0.5) is 0 Å². The molecule has 0 fully saturated rings. The Hall–Kier alpha value is -4.07. The first kappa shape index (κ1) is 21.8. The van der Waals surface area contributed by atoms with Crippen molar-refractivity contribution in [2.75, 3.05) is 28.4 Å². The van der Waals surface area contributed by atoms with Crippen LogP contribution in [0.25, 0.3) is 0 Å². The van der Waals surface area contributed by atoms with E-state index in [1.54, 1.807) is 46.6 Å². The molecule has 176 valence electrons. The van der Waals surface area contributed by atoms with Crippen LogP contribution in [-0.4, -0.2) is 44.3 Å². The molecule has 3 aromatic carbocycles. The van der Waals surface area contributed by atoms with E-state index >= 15 is 0 Å². The molecule has 0 saturated carbocycles. The molecule has 2 atom stereocenters. The summed E-state index contributed by atoms with van der Waals surface area (Å²) in [7, 11) is 6.45. The number of benzene rings is 3. The van der Waals surface area contributed by atoms with Gasteiger partial charge in [0.2, 0.25) is 6.23 Å². The molecule has 0 aliphatic carbocycles. The molecular formula is C26H26N2O6. The van der Waals surface area contributed by atoms with E-state index in [2.05, 4.69) is 0 Å². The Morgan fingerprint density at radius 2 is 1.59 bits per heavy atom. The first-order valence-corrected chi connectivity index (χ1v) is 10.9. The molecule has 8 heteroatoms. The fourth-order valence-corrected chi connectivity index (χ4v) is 4.52. The smallest absolute Gasteiger partial charge is 0.217 e. The van der Waals surface area contributed by atoms with Gasteiger partial charge >= 0.3 is 0 Å². The first-order valence-electron chi connectivity index (χ1n) is 10.9. The van der Waals surface area contributed by atoms with Gasteiger partial charge in [0.05, 0.1) is 45.8 Å². The first-order chi connectivity index (χ1) is 16.6. The van der Waals surface area contributed by atoms with Crippen molar-refractivity contribution in [1.82, 2.24) is 5.01 Å². The van der Waals surface area contributed by atoms with Crippen molar-refractivity contribution < 1.29 is 28.8 Å². The zero-order valence-electron chi connectivity index (χ0n) is 19.4. The second-order valence-electron chi connectivity index (χ2n) is 7.99. The van der Waals surface area contributed by atoms with Crippen LogP contribution in [0.1, 0.15) is 35.4 Å². The van der Waals surface area contributed by atoms with Gasteiger partial charge in [-0.3, -0.25) is 0 Å². The van der Waals surface area contributed by atoms with E-state index in [0.29, 0.717) is 40.7 Å². The number of fused-ring (bicyclic) bond motifs is 3. The summed E-state index contributed by atoms with van der Waals surface area (Å²) in [5.74, 6) is 3.41. The lowest BCUT2D eigenvalue weighted by Crippen LogP contribution is -2.34. The topological polar surface area (TPSA) is 82.0 Å². The third kappa shape index (κ3) is 3.51. The number of nitrogens with zero attached hydrogens (tertiary/aromatic N) is 2. The molecule has 0 radical (unpaired) electrons. The zero-order valence-corrected chi connectivity index (χ0v) is 19.4. The van der Waals surface area contributed by atoms with Crippen LogP contribution in [0.15, 0.2) is 59.7 Å². The molecule has 2 heterocycles. The van der Waals surface area contributed by atoms with Gasteiger partial charge < -0.3 is 28.8 Å². The summed E-state index contributed by atoms with van der Waals surface area (Å²) in [6.07, 6.45) is -0.0448. The quantitative estimate of drug-likeness (QED) is 0.570. The van der Waals surface area contributed by atoms with Gasteiger partial charge in [-0.2, -0.15) is 5.10 Å². The standard InChI is InChI=1S/C26H26N2O6/c1-30-15-8-10-22(29)18(12-15)20-14-21-17-6-5-7-24(33-4)25(17)34-26(28(21)27-20)19-13-16(31-2)9-11-23(19)32-3/h5-13,21,26,29H,14H2,1-4H3/t21-,26-/m0/s1. The minimum Gasteiger partial charge on any atom is -0.507 e. The molecule has 0 bridgehead atoms. The van der Waals surface area contributed by atoms with Gasteiger partial charge in [-0.15, -0.1) is 0 Å². The Bertz CT molecular complexity index is 1260. The SMILES string of the molecule is COc1ccc(O)c(C2=NN3[C@@H](C2)c2cccc(OC)c2O[C@H]3c2cc(OC)ccc2OC)c1. The summed E-state index contributed by atoms with van der Waals surface area (Å²) in [6.45, 7) is 0. The highest BCUT2D eigenvalue weighted by atomic mass is 16.5. The summed E-state index contributed by atoms with van der Waals surface area (Å²) in [4.78, 5) is 0. The van der Waals surface area contributed by atoms with Crippen LogP contribution in [0.5, 0.6) is 34.5 Å². The van der Waals surface area contributed by atoms with E-state index < -0.39 is 6.23 Å². The van der Waals surface area contributed by atoms with Gasteiger partial charge in [-0.25, -0.2) is 5.01 Å². The molecule has 2 aliphatic rings. The van der Waals surface area contributed by atoms with Gasteiger partial charge in [0, 0.05) is 17.5 Å². The Balaban J connectivity index is 1.67. The van der Waals surface area contributed by atoms with E-state index in [0.717, 1.165) is 16.8 Å². The highest BCUT2D eigenvalue weighted by Gasteiger charge is 2.43. The van der Waals surface area contributed by atoms with Gasteiger partial charge in [0.15, 0.2) is 11.5 Å². The van der Waals surface area contributed by atoms with Crippen molar-refractivity contribution in [2.45, 2.75) is 18.7 Å². The molecule has 0 saturated heterocycles. The minimum atomic E-state index is -0.607. The second kappa shape index (κ2) is 8.70. The number of rotatable bonds is 6. The molecule has 5 rings (SSSR count). The van der Waals surface area contributed by atoms with Crippen molar-refractivity contribution in [1.29, 1.82) is 0 Å². The van der Waals surface area contributed by atoms with Crippen LogP contribution in [-0.2, 0) is 0 Å². The van der Waals surface area contributed by atoms with E-state index in [9.17, 15) is 5.11 Å². The number of hydrazone groups is 1. The number of methoxy groups -OCH3 is 4. The van der Waals surface area contributed by atoms with Gasteiger partial charge in [0.25, 0.3) is 0 Å². The van der Waals surface area contributed by atoms with Crippen molar-refractivity contribution in [3.8, 4) is 34.5 Å². The van der Waals surface area contributed by atoms with Crippen LogP contribution < -0.4 is 23.7 Å². The van der Waals surface area contributed by atoms with Gasteiger partial charge in [-0.1, -0.05) is 12.1 Å². The monoisotopic (exact) mass is 462 g/mol. The minimum absolute atomic E-state index is 0.139. The summed E-state index contributed by atoms with van der Waals surface area (Å²) >= 11 is 0. The molecule has 0 aromatic heterocycles. The Morgan fingerprint density at radius 3 is 2.32 bits per heavy atom.